The number of amides is 1. The fourth-order valence-corrected chi connectivity index (χ4v) is 1.30. The van der Waals surface area contributed by atoms with Crippen LogP contribution in [-0.2, 0) is 11.3 Å². The van der Waals surface area contributed by atoms with Crippen LogP contribution in [0.15, 0.2) is 24.3 Å². The number of alkyl halides is 3. The van der Waals surface area contributed by atoms with Crippen molar-refractivity contribution in [3.8, 4) is 0 Å². The third-order valence-corrected chi connectivity index (χ3v) is 2.29. The molecule has 0 heterocycles. The molecule has 1 rings (SSSR count). The normalized spacial score (nSPS) is 12.9. The topological polar surface area (TPSA) is 67.2 Å². The Morgan fingerprint density at radius 1 is 1.32 bits per heavy atom. The highest BCUT2D eigenvalue weighted by Gasteiger charge is 2.38. The molecule has 0 bridgehead atoms. The predicted octanol–water partition coefficient (Wildman–Crippen LogP) is 1.62. The van der Waals surface area contributed by atoms with Gasteiger partial charge in [-0.05, 0) is 24.6 Å². The average Bonchev–Trinajstić information content (AvgIpc) is 2.33. The number of halogens is 3. The summed E-state index contributed by atoms with van der Waals surface area (Å²) in [7, 11) is 0. The number of benzene rings is 1. The smallest absolute Gasteiger partial charge is 0.383 e. The SMILES string of the molecule is CC(N)CNc1ccc(CNC(=O)C(F)(F)F)cc1. The maximum Gasteiger partial charge on any atom is 0.471 e. The summed E-state index contributed by atoms with van der Waals surface area (Å²) in [4.78, 5) is 10.6. The molecular weight excluding hydrogens is 259 g/mol. The van der Waals surface area contributed by atoms with Gasteiger partial charge in [0, 0.05) is 24.8 Å². The van der Waals surface area contributed by atoms with E-state index in [4.69, 9.17) is 5.73 Å². The van der Waals surface area contributed by atoms with Gasteiger partial charge in [-0.3, -0.25) is 4.79 Å². The Kier molecular flexibility index (Phi) is 5.17. The summed E-state index contributed by atoms with van der Waals surface area (Å²) >= 11 is 0. The fourth-order valence-electron chi connectivity index (χ4n) is 1.30. The first-order chi connectivity index (χ1) is 8.79. The second kappa shape index (κ2) is 6.42. The molecule has 0 radical (unpaired) electrons. The molecule has 4 N–H and O–H groups in total. The maximum atomic E-state index is 12.0. The van der Waals surface area contributed by atoms with Crippen LogP contribution in [0.5, 0.6) is 0 Å². The van der Waals surface area contributed by atoms with Gasteiger partial charge in [-0.15, -0.1) is 0 Å². The Balaban J connectivity index is 2.46. The summed E-state index contributed by atoms with van der Waals surface area (Å²) in [6.07, 6.45) is -4.85. The lowest BCUT2D eigenvalue weighted by molar-refractivity contribution is -0.173. The van der Waals surface area contributed by atoms with Crippen LogP contribution in [0.3, 0.4) is 0 Å². The van der Waals surface area contributed by atoms with E-state index in [0.717, 1.165) is 5.69 Å². The Morgan fingerprint density at radius 3 is 2.37 bits per heavy atom. The third-order valence-electron chi connectivity index (χ3n) is 2.29. The number of hydrogen-bond acceptors (Lipinski definition) is 3. The van der Waals surface area contributed by atoms with Gasteiger partial charge in [0.25, 0.3) is 0 Å². The maximum absolute atomic E-state index is 12.0. The van der Waals surface area contributed by atoms with Crippen molar-refractivity contribution in [3.63, 3.8) is 0 Å². The minimum atomic E-state index is -4.85. The number of carbonyl (C=O) groups excluding carboxylic acids is 1. The van der Waals surface area contributed by atoms with Gasteiger partial charge < -0.3 is 16.4 Å². The highest BCUT2D eigenvalue weighted by Crippen LogP contribution is 2.15. The second-order valence-corrected chi connectivity index (χ2v) is 4.24. The average molecular weight is 275 g/mol. The predicted molar refractivity (Wildman–Crippen MR) is 66.5 cm³/mol. The standard InChI is InChI=1S/C12H16F3N3O/c1-8(16)6-17-10-4-2-9(3-5-10)7-18-11(19)12(13,14)15/h2-5,8,17H,6-7,16H2,1H3,(H,18,19). The third kappa shape index (κ3) is 5.60. The Bertz CT molecular complexity index is 415. The van der Waals surface area contributed by atoms with E-state index in [9.17, 15) is 18.0 Å². The quantitative estimate of drug-likeness (QED) is 0.765. The van der Waals surface area contributed by atoms with E-state index in [2.05, 4.69) is 5.32 Å². The summed E-state index contributed by atoms with van der Waals surface area (Å²) in [6.45, 7) is 2.30. The molecule has 1 aromatic rings. The van der Waals surface area contributed by atoms with Crippen LogP contribution >= 0.6 is 0 Å². The zero-order chi connectivity index (χ0) is 14.5. The molecule has 4 nitrogen and oxygen atoms in total. The van der Waals surface area contributed by atoms with Crippen molar-refractivity contribution in [2.24, 2.45) is 5.73 Å². The molecule has 19 heavy (non-hydrogen) atoms. The first-order valence-corrected chi connectivity index (χ1v) is 5.72. The summed E-state index contributed by atoms with van der Waals surface area (Å²) < 4.78 is 35.9. The van der Waals surface area contributed by atoms with Crippen LogP contribution in [0.25, 0.3) is 0 Å². The van der Waals surface area contributed by atoms with Gasteiger partial charge in [0.05, 0.1) is 0 Å². The van der Waals surface area contributed by atoms with E-state index >= 15 is 0 Å². The van der Waals surface area contributed by atoms with Crippen LogP contribution < -0.4 is 16.4 Å². The number of carbonyl (C=O) groups is 1. The van der Waals surface area contributed by atoms with E-state index in [1.807, 2.05) is 6.92 Å². The van der Waals surface area contributed by atoms with Crippen LogP contribution in [0.4, 0.5) is 18.9 Å². The van der Waals surface area contributed by atoms with Crippen molar-refractivity contribution in [3.05, 3.63) is 29.8 Å². The molecular formula is C12H16F3N3O. The zero-order valence-corrected chi connectivity index (χ0v) is 10.4. The summed E-state index contributed by atoms with van der Waals surface area (Å²) in [5.41, 5.74) is 6.98. The highest BCUT2D eigenvalue weighted by atomic mass is 19.4. The van der Waals surface area contributed by atoms with Crippen LogP contribution in [-0.4, -0.2) is 24.7 Å². The van der Waals surface area contributed by atoms with Crippen molar-refractivity contribution in [2.75, 3.05) is 11.9 Å². The summed E-state index contributed by atoms with van der Waals surface area (Å²) in [6, 6.07) is 6.72. The van der Waals surface area contributed by atoms with Gasteiger partial charge >= 0.3 is 12.1 Å². The number of anilines is 1. The Hall–Kier alpha value is -1.76. The highest BCUT2D eigenvalue weighted by molar-refractivity contribution is 5.81. The van der Waals surface area contributed by atoms with Crippen molar-refractivity contribution in [1.29, 1.82) is 0 Å². The largest absolute Gasteiger partial charge is 0.471 e. The molecule has 0 aliphatic heterocycles. The minimum Gasteiger partial charge on any atom is -0.383 e. The molecule has 0 aromatic heterocycles. The van der Waals surface area contributed by atoms with Crippen molar-refractivity contribution in [2.45, 2.75) is 25.7 Å². The number of rotatable bonds is 5. The number of hydrogen-bond donors (Lipinski definition) is 3. The van der Waals surface area contributed by atoms with Gasteiger partial charge in [-0.2, -0.15) is 13.2 Å². The van der Waals surface area contributed by atoms with E-state index < -0.39 is 12.1 Å². The molecule has 1 unspecified atom stereocenters. The first-order valence-electron chi connectivity index (χ1n) is 5.72. The van der Waals surface area contributed by atoms with E-state index in [-0.39, 0.29) is 12.6 Å². The Morgan fingerprint density at radius 2 is 1.89 bits per heavy atom. The second-order valence-electron chi connectivity index (χ2n) is 4.24. The molecule has 7 heteroatoms. The molecule has 0 saturated heterocycles. The minimum absolute atomic E-state index is 0.00532. The zero-order valence-electron chi connectivity index (χ0n) is 10.4. The Labute approximate surface area is 109 Å². The first kappa shape index (κ1) is 15.3. The molecule has 0 aliphatic carbocycles. The monoisotopic (exact) mass is 275 g/mol. The molecule has 0 fully saturated rings. The molecule has 1 amide bonds. The van der Waals surface area contributed by atoms with Gasteiger partial charge in [0.15, 0.2) is 0 Å². The number of nitrogens with two attached hydrogens (primary N) is 1. The van der Waals surface area contributed by atoms with Crippen molar-refractivity contribution >= 4 is 11.6 Å². The lowest BCUT2D eigenvalue weighted by Crippen LogP contribution is -2.36. The molecule has 1 aromatic carbocycles. The van der Waals surface area contributed by atoms with E-state index in [1.54, 1.807) is 29.6 Å². The molecule has 1 atom stereocenters. The van der Waals surface area contributed by atoms with Crippen LogP contribution in [0, 0.1) is 0 Å². The molecule has 0 aliphatic rings. The lowest BCUT2D eigenvalue weighted by Gasteiger charge is -2.10. The molecule has 0 saturated carbocycles. The number of nitrogens with one attached hydrogen (secondary N) is 2. The van der Waals surface area contributed by atoms with Gasteiger partial charge in [0.2, 0.25) is 0 Å². The van der Waals surface area contributed by atoms with Gasteiger partial charge in [0.1, 0.15) is 0 Å². The van der Waals surface area contributed by atoms with Crippen molar-refractivity contribution in [1.82, 2.24) is 5.32 Å². The van der Waals surface area contributed by atoms with Gasteiger partial charge in [-0.25, -0.2) is 0 Å². The van der Waals surface area contributed by atoms with E-state index in [1.165, 1.54) is 0 Å². The fraction of sp³-hybridized carbons (Fsp3) is 0.417. The molecule has 106 valence electrons. The summed E-state index contributed by atoms with van der Waals surface area (Å²) in [5, 5.41) is 4.87. The van der Waals surface area contributed by atoms with E-state index in [0.29, 0.717) is 12.1 Å². The van der Waals surface area contributed by atoms with Crippen LogP contribution in [0.2, 0.25) is 0 Å². The lowest BCUT2D eigenvalue weighted by atomic mass is 10.2. The van der Waals surface area contributed by atoms with Crippen molar-refractivity contribution < 1.29 is 18.0 Å². The van der Waals surface area contributed by atoms with Crippen LogP contribution in [0.1, 0.15) is 12.5 Å². The summed E-state index contributed by atoms with van der Waals surface area (Å²) in [5.74, 6) is -1.94. The van der Waals surface area contributed by atoms with Gasteiger partial charge in [-0.1, -0.05) is 12.1 Å². The molecule has 0 spiro atoms.